The summed E-state index contributed by atoms with van der Waals surface area (Å²) in [5, 5.41) is 9.83. The molecule has 1 N–H and O–H groups in total. The van der Waals surface area contributed by atoms with Gasteiger partial charge in [0.15, 0.2) is 5.17 Å². The van der Waals surface area contributed by atoms with Crippen LogP contribution >= 0.6 is 11.8 Å². The largest absolute Gasteiger partial charge is 0.497 e. The number of amidine groups is 1. The van der Waals surface area contributed by atoms with E-state index in [4.69, 9.17) is 9.73 Å². The Hall–Kier alpha value is -4.56. The van der Waals surface area contributed by atoms with Crippen LogP contribution in [-0.4, -0.2) is 38.7 Å². The number of carbonyl (C=O) groups excluding carboxylic acids is 1. The average Bonchev–Trinajstić information content (AvgIpc) is 3.42. The van der Waals surface area contributed by atoms with E-state index >= 15 is 0 Å². The van der Waals surface area contributed by atoms with E-state index in [1.54, 1.807) is 36.3 Å². The highest BCUT2D eigenvalue weighted by molar-refractivity contribution is 8.18. The Kier molecular flexibility index (Phi) is 8.36. The summed E-state index contributed by atoms with van der Waals surface area (Å²) in [7, 11) is 1.61. The van der Waals surface area contributed by atoms with Crippen molar-refractivity contribution in [3.63, 3.8) is 0 Å². The number of benzene rings is 3. The van der Waals surface area contributed by atoms with E-state index in [1.165, 1.54) is 28.6 Å². The number of rotatable bonds is 8. The number of nitrogens with zero attached hydrogens (tertiary/aromatic N) is 3. The van der Waals surface area contributed by atoms with Crippen LogP contribution in [0.1, 0.15) is 50.9 Å². The molecule has 8 heteroatoms. The van der Waals surface area contributed by atoms with Crippen molar-refractivity contribution in [2.24, 2.45) is 4.99 Å². The van der Waals surface area contributed by atoms with Crippen LogP contribution in [0.3, 0.4) is 0 Å². The molecule has 0 bridgehead atoms. The van der Waals surface area contributed by atoms with Crippen molar-refractivity contribution in [1.29, 1.82) is 0 Å². The zero-order chi connectivity index (χ0) is 30.0. The minimum Gasteiger partial charge on any atom is -0.497 e. The Balaban J connectivity index is 1.54. The van der Waals surface area contributed by atoms with E-state index < -0.39 is 5.97 Å². The number of carboxylic acid groups (broad SMARTS) is 1. The summed E-state index contributed by atoms with van der Waals surface area (Å²) in [4.78, 5) is 32.2. The van der Waals surface area contributed by atoms with Crippen LogP contribution in [-0.2, 0) is 17.8 Å². The topological polar surface area (TPSA) is 84.1 Å². The first-order valence-electron chi connectivity index (χ1n) is 13.7. The SMILES string of the molecule is CCc1cccc(C)c1-n1c(C)cc(/C=C2\SC(=Nc3ccc(OC)cc3)N(Cc3ccc(C(=O)O)cc3)C2=O)c1C. The molecule has 4 aromatic rings. The number of aliphatic imine (C=N–C) groups is 1. The van der Waals surface area contributed by atoms with Crippen molar-refractivity contribution in [3.8, 4) is 11.4 Å². The second-order valence-corrected chi connectivity index (χ2v) is 11.2. The standard InChI is InChI=1S/C34H33N3O4S/c1-6-25-9-7-8-21(2)31(25)37-22(3)18-27(23(37)4)19-30-32(38)36(20-24-10-12-26(13-11-24)33(39)40)34(42-30)35-28-14-16-29(41-5)17-15-28/h7-19H,6,20H2,1-5H3,(H,39,40)/b30-19-,35-34?. The fourth-order valence-electron chi connectivity index (χ4n) is 5.18. The van der Waals surface area contributed by atoms with Crippen molar-refractivity contribution in [2.75, 3.05) is 7.11 Å². The van der Waals surface area contributed by atoms with E-state index in [2.05, 4.69) is 56.5 Å². The van der Waals surface area contributed by atoms with Crippen molar-refractivity contribution in [1.82, 2.24) is 9.47 Å². The summed E-state index contributed by atoms with van der Waals surface area (Å²) in [6.07, 6.45) is 2.87. The third-order valence-electron chi connectivity index (χ3n) is 7.41. The van der Waals surface area contributed by atoms with E-state index in [0.717, 1.165) is 34.7 Å². The Bertz CT molecular complexity index is 1720. The lowest BCUT2D eigenvalue weighted by Gasteiger charge is -2.17. The molecule has 2 heterocycles. The van der Waals surface area contributed by atoms with Gasteiger partial charge in [-0.05, 0) is 110 Å². The average molecular weight is 580 g/mol. The molecule has 1 aliphatic rings. The third-order valence-corrected chi connectivity index (χ3v) is 8.42. The number of para-hydroxylation sites is 1. The van der Waals surface area contributed by atoms with Crippen LogP contribution in [0.4, 0.5) is 5.69 Å². The first-order valence-corrected chi connectivity index (χ1v) is 14.6. The normalized spacial score (nSPS) is 15.2. The molecule has 7 nitrogen and oxygen atoms in total. The fourth-order valence-corrected chi connectivity index (χ4v) is 6.17. The van der Waals surface area contributed by atoms with Gasteiger partial charge in [0.05, 0.1) is 35.5 Å². The lowest BCUT2D eigenvalue weighted by molar-refractivity contribution is -0.122. The van der Waals surface area contributed by atoms with Gasteiger partial charge in [0, 0.05) is 11.4 Å². The maximum absolute atomic E-state index is 13.9. The Morgan fingerprint density at radius 1 is 1.02 bits per heavy atom. The number of thioether (sulfide) groups is 1. The van der Waals surface area contributed by atoms with Gasteiger partial charge in [-0.15, -0.1) is 0 Å². The van der Waals surface area contributed by atoms with Gasteiger partial charge in [0.2, 0.25) is 0 Å². The van der Waals surface area contributed by atoms with Gasteiger partial charge in [0.1, 0.15) is 5.75 Å². The van der Waals surface area contributed by atoms with Crippen LogP contribution < -0.4 is 4.74 Å². The number of aromatic carboxylic acids is 1. The summed E-state index contributed by atoms with van der Waals surface area (Å²) in [6, 6.07) is 22.4. The molecule has 0 atom stereocenters. The van der Waals surface area contributed by atoms with Crippen molar-refractivity contribution in [2.45, 2.75) is 40.7 Å². The number of ether oxygens (including phenoxy) is 1. The Morgan fingerprint density at radius 2 is 1.74 bits per heavy atom. The third kappa shape index (κ3) is 5.76. The van der Waals surface area contributed by atoms with Gasteiger partial charge in [0.25, 0.3) is 5.91 Å². The zero-order valence-corrected chi connectivity index (χ0v) is 25.2. The Labute approximate surface area is 250 Å². The zero-order valence-electron chi connectivity index (χ0n) is 24.3. The molecular weight excluding hydrogens is 546 g/mol. The van der Waals surface area contributed by atoms with Gasteiger partial charge in [-0.25, -0.2) is 9.79 Å². The number of hydrogen-bond acceptors (Lipinski definition) is 5. The molecule has 0 saturated carbocycles. The molecule has 0 aliphatic carbocycles. The summed E-state index contributed by atoms with van der Waals surface area (Å²) in [6.45, 7) is 8.74. The number of aryl methyl sites for hydroxylation is 3. The highest BCUT2D eigenvalue weighted by Gasteiger charge is 2.34. The van der Waals surface area contributed by atoms with Gasteiger partial charge in [-0.1, -0.05) is 37.3 Å². The van der Waals surface area contributed by atoms with Crippen LogP contribution in [0.25, 0.3) is 11.8 Å². The van der Waals surface area contributed by atoms with Crippen molar-refractivity contribution < 1.29 is 19.4 Å². The van der Waals surface area contributed by atoms with E-state index in [9.17, 15) is 14.7 Å². The maximum Gasteiger partial charge on any atom is 0.335 e. The molecule has 1 aromatic heterocycles. The molecule has 3 aromatic carbocycles. The van der Waals surface area contributed by atoms with Crippen LogP contribution in [0.15, 0.2) is 82.7 Å². The summed E-state index contributed by atoms with van der Waals surface area (Å²) in [5.41, 5.74) is 8.51. The minimum absolute atomic E-state index is 0.149. The minimum atomic E-state index is -0.990. The predicted molar refractivity (Wildman–Crippen MR) is 169 cm³/mol. The number of hydrogen-bond donors (Lipinski definition) is 1. The molecule has 0 unspecified atom stereocenters. The second kappa shape index (κ2) is 12.1. The molecule has 1 fully saturated rings. The number of carbonyl (C=O) groups is 2. The molecule has 42 heavy (non-hydrogen) atoms. The van der Waals surface area contributed by atoms with Gasteiger partial charge < -0.3 is 14.4 Å². The number of aromatic nitrogens is 1. The quantitative estimate of drug-likeness (QED) is 0.219. The van der Waals surface area contributed by atoms with Crippen molar-refractivity contribution >= 4 is 40.6 Å². The van der Waals surface area contributed by atoms with E-state index in [-0.39, 0.29) is 18.0 Å². The predicted octanol–water partition coefficient (Wildman–Crippen LogP) is 7.48. The molecule has 1 saturated heterocycles. The van der Waals surface area contributed by atoms with E-state index in [0.29, 0.717) is 15.8 Å². The lowest BCUT2D eigenvalue weighted by atomic mass is 10.1. The smallest absolute Gasteiger partial charge is 0.335 e. The molecule has 214 valence electrons. The Morgan fingerprint density at radius 3 is 2.38 bits per heavy atom. The first kappa shape index (κ1) is 29.0. The summed E-state index contributed by atoms with van der Waals surface area (Å²) >= 11 is 1.34. The first-order chi connectivity index (χ1) is 20.2. The lowest BCUT2D eigenvalue weighted by Crippen LogP contribution is -2.28. The molecule has 0 radical (unpaired) electrons. The van der Waals surface area contributed by atoms with E-state index in [1.807, 2.05) is 30.3 Å². The summed E-state index contributed by atoms with van der Waals surface area (Å²) < 4.78 is 7.55. The number of amides is 1. The molecule has 1 amide bonds. The number of carboxylic acids is 1. The highest BCUT2D eigenvalue weighted by atomic mass is 32.2. The molecule has 1 aliphatic heterocycles. The van der Waals surface area contributed by atoms with Gasteiger partial charge in [-0.3, -0.25) is 9.69 Å². The molecule has 0 spiro atoms. The van der Waals surface area contributed by atoms with Crippen LogP contribution in [0.2, 0.25) is 0 Å². The van der Waals surface area contributed by atoms with Crippen LogP contribution in [0, 0.1) is 20.8 Å². The number of methoxy groups -OCH3 is 1. The van der Waals surface area contributed by atoms with Gasteiger partial charge >= 0.3 is 5.97 Å². The maximum atomic E-state index is 13.9. The summed E-state index contributed by atoms with van der Waals surface area (Å²) in [5.74, 6) is -0.416. The monoisotopic (exact) mass is 579 g/mol. The fraction of sp³-hybridized carbons (Fsp3) is 0.206. The second-order valence-electron chi connectivity index (χ2n) is 10.2. The molecular formula is C34H33N3O4S. The highest BCUT2D eigenvalue weighted by Crippen LogP contribution is 2.37. The van der Waals surface area contributed by atoms with Crippen molar-refractivity contribution in [3.05, 3.63) is 117 Å². The van der Waals surface area contributed by atoms with Gasteiger partial charge in [-0.2, -0.15) is 0 Å². The van der Waals surface area contributed by atoms with Crippen LogP contribution in [0.5, 0.6) is 5.75 Å². The molecule has 5 rings (SSSR count).